The lowest BCUT2D eigenvalue weighted by Gasteiger charge is -2.34. The Morgan fingerprint density at radius 2 is 0.755 bits per heavy atom. The van der Waals surface area contributed by atoms with E-state index in [1.807, 2.05) is 48.5 Å². The number of benzene rings is 8. The monoisotopic (exact) mass is 678 g/mol. The second-order valence-corrected chi connectivity index (χ2v) is 13.6. The first kappa shape index (κ1) is 29.3. The molecule has 2 heterocycles. The molecule has 11 rings (SSSR count). The van der Waals surface area contributed by atoms with Gasteiger partial charge in [-0.15, -0.1) is 12.8 Å². The quantitative estimate of drug-likeness (QED) is 0.171. The van der Waals surface area contributed by atoms with Gasteiger partial charge in [0.25, 0.3) is 0 Å². The van der Waals surface area contributed by atoms with Gasteiger partial charge < -0.3 is 18.9 Å². The Kier molecular flexibility index (Phi) is 5.98. The molecule has 0 radical (unpaired) electrons. The average molecular weight is 679 g/mol. The first-order chi connectivity index (χ1) is 26.1. The number of rotatable bonds is 2. The molecular formula is C49H26O4. The van der Waals surface area contributed by atoms with Crippen LogP contribution in [0.1, 0.15) is 33.4 Å². The van der Waals surface area contributed by atoms with Crippen molar-refractivity contribution in [1.82, 2.24) is 0 Å². The van der Waals surface area contributed by atoms with E-state index in [9.17, 15) is 0 Å². The molecule has 8 aromatic carbocycles. The maximum atomic E-state index is 6.39. The molecule has 8 aromatic rings. The van der Waals surface area contributed by atoms with E-state index in [1.165, 1.54) is 22.3 Å². The minimum Gasteiger partial charge on any atom is -0.449 e. The highest BCUT2D eigenvalue weighted by Crippen LogP contribution is 2.57. The molecule has 0 atom stereocenters. The molecular weight excluding hydrogens is 653 g/mol. The van der Waals surface area contributed by atoms with E-state index in [-0.39, 0.29) is 0 Å². The highest BCUT2D eigenvalue weighted by Gasteiger charge is 2.46. The molecule has 2 aliphatic heterocycles. The Labute approximate surface area is 305 Å². The largest absolute Gasteiger partial charge is 0.449 e. The van der Waals surface area contributed by atoms with Crippen LogP contribution >= 0.6 is 0 Å². The topological polar surface area (TPSA) is 36.9 Å². The number of terminal acetylenes is 2. The van der Waals surface area contributed by atoms with Gasteiger partial charge in [0.1, 0.15) is 0 Å². The van der Waals surface area contributed by atoms with Gasteiger partial charge in [-0.25, -0.2) is 0 Å². The van der Waals surface area contributed by atoms with Crippen LogP contribution in [0.5, 0.6) is 46.0 Å². The first-order valence-corrected chi connectivity index (χ1v) is 17.4. The van der Waals surface area contributed by atoms with Crippen molar-refractivity contribution >= 4 is 21.5 Å². The first-order valence-electron chi connectivity index (χ1n) is 17.4. The van der Waals surface area contributed by atoms with Gasteiger partial charge in [-0.05, 0) is 116 Å². The molecule has 0 aromatic heterocycles. The van der Waals surface area contributed by atoms with E-state index in [2.05, 4.69) is 109 Å². The van der Waals surface area contributed by atoms with E-state index in [0.717, 1.165) is 43.8 Å². The van der Waals surface area contributed by atoms with E-state index in [1.54, 1.807) is 0 Å². The summed E-state index contributed by atoms with van der Waals surface area (Å²) in [6.45, 7) is 0. The molecule has 0 fully saturated rings. The summed E-state index contributed by atoms with van der Waals surface area (Å²) >= 11 is 0. The summed E-state index contributed by atoms with van der Waals surface area (Å²) in [5.74, 6) is 10.5. The molecule has 0 amide bonds. The number of hydrogen-bond acceptors (Lipinski definition) is 4. The van der Waals surface area contributed by atoms with E-state index >= 15 is 0 Å². The lowest BCUT2D eigenvalue weighted by molar-refractivity contribution is 0.360. The third-order valence-corrected chi connectivity index (χ3v) is 10.7. The molecule has 53 heavy (non-hydrogen) atoms. The fourth-order valence-electron chi connectivity index (χ4n) is 8.32. The summed E-state index contributed by atoms with van der Waals surface area (Å²) in [5, 5.41) is 4.16. The van der Waals surface area contributed by atoms with Crippen LogP contribution in [0, 0.1) is 24.7 Å². The summed E-state index contributed by atoms with van der Waals surface area (Å²) < 4.78 is 25.4. The fraction of sp³-hybridized carbons (Fsp3) is 0.0204. The predicted molar refractivity (Wildman–Crippen MR) is 208 cm³/mol. The normalized spacial score (nSPS) is 13.6. The molecule has 0 bridgehead atoms. The van der Waals surface area contributed by atoms with Crippen molar-refractivity contribution in [2.24, 2.45) is 0 Å². The summed E-state index contributed by atoms with van der Waals surface area (Å²) in [4.78, 5) is 0. The molecule has 3 aliphatic rings. The van der Waals surface area contributed by atoms with Crippen LogP contribution in [-0.4, -0.2) is 0 Å². The second-order valence-electron chi connectivity index (χ2n) is 13.6. The van der Waals surface area contributed by atoms with Gasteiger partial charge in [0, 0.05) is 23.3 Å². The zero-order valence-electron chi connectivity index (χ0n) is 28.1. The van der Waals surface area contributed by atoms with Crippen LogP contribution < -0.4 is 18.9 Å². The number of fused-ring (bicyclic) bond motifs is 9. The summed E-state index contributed by atoms with van der Waals surface area (Å²) in [5.41, 5.74) is 8.00. The van der Waals surface area contributed by atoms with Crippen LogP contribution in [0.3, 0.4) is 0 Å². The third-order valence-electron chi connectivity index (χ3n) is 10.7. The van der Waals surface area contributed by atoms with Gasteiger partial charge in [0.05, 0.1) is 5.41 Å². The zero-order valence-corrected chi connectivity index (χ0v) is 28.1. The van der Waals surface area contributed by atoms with Crippen LogP contribution in [-0.2, 0) is 5.41 Å². The van der Waals surface area contributed by atoms with Crippen molar-refractivity contribution in [2.45, 2.75) is 5.41 Å². The lowest BCUT2D eigenvalue weighted by Crippen LogP contribution is -2.28. The predicted octanol–water partition coefficient (Wildman–Crippen LogP) is 12.1. The zero-order chi connectivity index (χ0) is 35.3. The van der Waals surface area contributed by atoms with E-state index < -0.39 is 5.41 Å². The molecule has 0 N–H and O–H groups in total. The molecule has 4 heteroatoms. The molecule has 1 aliphatic carbocycles. The Morgan fingerprint density at radius 3 is 1.21 bits per heavy atom. The molecule has 0 unspecified atom stereocenters. The maximum Gasteiger partial charge on any atom is 0.171 e. The fourth-order valence-corrected chi connectivity index (χ4v) is 8.32. The molecule has 0 spiro atoms. The van der Waals surface area contributed by atoms with Gasteiger partial charge in [0.2, 0.25) is 0 Å². The van der Waals surface area contributed by atoms with Crippen LogP contribution in [0.25, 0.3) is 32.7 Å². The van der Waals surface area contributed by atoms with Gasteiger partial charge in [-0.1, -0.05) is 84.6 Å². The standard InChI is InChI=1S/C49H26O4/c1-3-29-13-19-41-43(21-29)52-47-27-33-23-35(17-15-31(33)25-45(47)50-41)49(39-11-7-5-9-37(39)38-10-6-8-12-40(38)49)36-18-16-32-26-46-48(28-34(32)24-36)53-44-22-30(4-2)14-20-42(44)51-46/h1-2,5-28H. The SMILES string of the molecule is C#Cc1ccc2c(c1)Oc1cc3cc(C4(c5ccc6cc7c(cc6c5)Oc5cc(C#C)ccc5O7)c5ccccc5-c5ccccc54)ccc3cc1O2. The summed E-state index contributed by atoms with van der Waals surface area (Å²) in [6.07, 6.45) is 11.4. The summed E-state index contributed by atoms with van der Waals surface area (Å²) in [7, 11) is 0. The smallest absolute Gasteiger partial charge is 0.171 e. The van der Waals surface area contributed by atoms with E-state index in [4.69, 9.17) is 31.8 Å². The highest BCUT2D eigenvalue weighted by molar-refractivity contribution is 5.93. The average Bonchev–Trinajstić information content (AvgIpc) is 3.51. The van der Waals surface area contributed by atoms with Crippen molar-refractivity contribution in [2.75, 3.05) is 0 Å². The Hall–Kier alpha value is -7.40. The van der Waals surface area contributed by atoms with Gasteiger partial charge in [-0.2, -0.15) is 0 Å². The molecule has 0 saturated carbocycles. The molecule has 0 saturated heterocycles. The van der Waals surface area contributed by atoms with Crippen molar-refractivity contribution in [3.8, 4) is 81.8 Å². The van der Waals surface area contributed by atoms with Gasteiger partial charge >= 0.3 is 0 Å². The molecule has 4 nitrogen and oxygen atoms in total. The van der Waals surface area contributed by atoms with Crippen LogP contribution in [0.2, 0.25) is 0 Å². The van der Waals surface area contributed by atoms with Crippen LogP contribution in [0.15, 0.2) is 146 Å². The Bertz CT molecular complexity index is 2790. The van der Waals surface area contributed by atoms with Crippen molar-refractivity contribution in [1.29, 1.82) is 0 Å². The maximum absolute atomic E-state index is 6.39. The summed E-state index contributed by atoms with van der Waals surface area (Å²) in [6, 6.07) is 50.2. The van der Waals surface area contributed by atoms with Gasteiger partial charge in [0.15, 0.2) is 46.0 Å². The Balaban J connectivity index is 1.11. The number of hydrogen-bond donors (Lipinski definition) is 0. The number of ether oxygens (including phenoxy) is 4. The van der Waals surface area contributed by atoms with Crippen molar-refractivity contribution in [3.63, 3.8) is 0 Å². The second kappa shape index (κ2) is 10.8. The lowest BCUT2D eigenvalue weighted by atomic mass is 9.67. The van der Waals surface area contributed by atoms with Crippen molar-refractivity contribution in [3.05, 3.63) is 179 Å². The minimum atomic E-state index is -0.626. The van der Waals surface area contributed by atoms with Crippen LogP contribution in [0.4, 0.5) is 0 Å². The third kappa shape index (κ3) is 4.21. The highest BCUT2D eigenvalue weighted by atomic mass is 16.6. The van der Waals surface area contributed by atoms with Gasteiger partial charge in [-0.3, -0.25) is 0 Å². The van der Waals surface area contributed by atoms with E-state index in [0.29, 0.717) is 46.0 Å². The van der Waals surface area contributed by atoms with Crippen molar-refractivity contribution < 1.29 is 18.9 Å². The Morgan fingerprint density at radius 1 is 0.358 bits per heavy atom. The molecule has 246 valence electrons. The minimum absolute atomic E-state index is 0.603.